The molecule has 0 bridgehead atoms. The maximum absolute atomic E-state index is 9.37. The van der Waals surface area contributed by atoms with Crippen molar-refractivity contribution in [3.8, 4) is 23.8 Å². The number of methoxy groups -OCH3 is 1. The number of ether oxygens (including phenoxy) is 1. The summed E-state index contributed by atoms with van der Waals surface area (Å²) in [6, 6.07) is 5.03. The second kappa shape index (κ2) is 4.27. The normalized spacial score (nSPS) is 8.92. The van der Waals surface area contributed by atoms with Gasteiger partial charge in [-0.15, -0.1) is 6.42 Å². The van der Waals surface area contributed by atoms with Crippen LogP contribution in [0.1, 0.15) is 0 Å². The van der Waals surface area contributed by atoms with Gasteiger partial charge in [0.25, 0.3) is 0 Å². The molecule has 0 fully saturated rings. The smallest absolute Gasteiger partial charge is 0.160 e. The van der Waals surface area contributed by atoms with Gasteiger partial charge in [0.2, 0.25) is 0 Å². The Bertz CT molecular complexity index is 328. The summed E-state index contributed by atoms with van der Waals surface area (Å²) in [5, 5.41) is 12.3. The molecule has 68 valence electrons. The van der Waals surface area contributed by atoms with Gasteiger partial charge in [-0.05, 0) is 12.1 Å². The van der Waals surface area contributed by atoms with E-state index in [1.54, 1.807) is 18.2 Å². The summed E-state index contributed by atoms with van der Waals surface area (Å²) >= 11 is 0. The first-order valence-electron chi connectivity index (χ1n) is 3.82. The number of nitrogens with one attached hydrogen (secondary N) is 1. The van der Waals surface area contributed by atoms with Gasteiger partial charge in [0, 0.05) is 11.8 Å². The van der Waals surface area contributed by atoms with Crippen LogP contribution in [0.5, 0.6) is 11.5 Å². The van der Waals surface area contributed by atoms with Crippen LogP contribution in [-0.4, -0.2) is 18.8 Å². The molecule has 0 spiro atoms. The zero-order valence-corrected chi connectivity index (χ0v) is 7.37. The molecule has 1 rings (SSSR count). The molecule has 0 heterocycles. The van der Waals surface area contributed by atoms with Crippen LogP contribution in [0.4, 0.5) is 5.69 Å². The minimum Gasteiger partial charge on any atom is -0.504 e. The SMILES string of the molecule is C#CCNc1ccc(OC)c(O)c1. The Morgan fingerprint density at radius 2 is 2.38 bits per heavy atom. The van der Waals surface area contributed by atoms with Crippen molar-refractivity contribution in [2.45, 2.75) is 0 Å². The molecule has 0 saturated heterocycles. The number of phenolic OH excluding ortho intramolecular Hbond substituents is 1. The molecule has 13 heavy (non-hydrogen) atoms. The third-order valence-electron chi connectivity index (χ3n) is 1.57. The number of hydrogen-bond donors (Lipinski definition) is 2. The van der Waals surface area contributed by atoms with E-state index in [1.807, 2.05) is 0 Å². The average molecular weight is 177 g/mol. The number of aromatic hydroxyl groups is 1. The number of benzene rings is 1. The summed E-state index contributed by atoms with van der Waals surface area (Å²) < 4.78 is 4.89. The number of phenols is 1. The Morgan fingerprint density at radius 1 is 1.62 bits per heavy atom. The van der Waals surface area contributed by atoms with E-state index in [0.717, 1.165) is 5.69 Å². The zero-order valence-electron chi connectivity index (χ0n) is 7.37. The highest BCUT2D eigenvalue weighted by Crippen LogP contribution is 2.28. The fourth-order valence-electron chi connectivity index (χ4n) is 0.953. The van der Waals surface area contributed by atoms with Crippen LogP contribution in [0.15, 0.2) is 18.2 Å². The van der Waals surface area contributed by atoms with E-state index in [-0.39, 0.29) is 5.75 Å². The molecule has 0 amide bonds. The quantitative estimate of drug-likeness (QED) is 0.686. The molecule has 2 N–H and O–H groups in total. The monoisotopic (exact) mass is 177 g/mol. The molecule has 0 aliphatic carbocycles. The Kier molecular flexibility index (Phi) is 3.04. The molecule has 0 aromatic heterocycles. The fraction of sp³-hybridized carbons (Fsp3) is 0.200. The predicted molar refractivity (Wildman–Crippen MR) is 52.0 cm³/mol. The maximum Gasteiger partial charge on any atom is 0.160 e. The lowest BCUT2D eigenvalue weighted by Crippen LogP contribution is -1.97. The lowest BCUT2D eigenvalue weighted by atomic mass is 10.3. The average Bonchev–Trinajstić information content (AvgIpc) is 2.15. The first-order valence-corrected chi connectivity index (χ1v) is 3.82. The third kappa shape index (κ3) is 2.31. The van der Waals surface area contributed by atoms with Crippen LogP contribution in [0.2, 0.25) is 0 Å². The lowest BCUT2D eigenvalue weighted by molar-refractivity contribution is 0.373. The lowest BCUT2D eigenvalue weighted by Gasteiger charge is -2.06. The Morgan fingerprint density at radius 3 is 2.92 bits per heavy atom. The topological polar surface area (TPSA) is 41.5 Å². The van der Waals surface area contributed by atoms with E-state index >= 15 is 0 Å². The maximum atomic E-state index is 9.37. The minimum absolute atomic E-state index is 0.101. The Balaban J connectivity index is 2.78. The van der Waals surface area contributed by atoms with Gasteiger partial charge in [0.1, 0.15) is 0 Å². The summed E-state index contributed by atoms with van der Waals surface area (Å²) in [6.07, 6.45) is 5.07. The summed E-state index contributed by atoms with van der Waals surface area (Å²) in [4.78, 5) is 0. The highest BCUT2D eigenvalue weighted by atomic mass is 16.5. The van der Waals surface area contributed by atoms with Crippen molar-refractivity contribution in [2.24, 2.45) is 0 Å². The molecule has 0 atom stereocenters. The molecule has 0 aliphatic heterocycles. The predicted octanol–water partition coefficient (Wildman–Crippen LogP) is 1.45. The number of anilines is 1. The van der Waals surface area contributed by atoms with E-state index in [0.29, 0.717) is 12.3 Å². The summed E-state index contributed by atoms with van der Waals surface area (Å²) in [6.45, 7) is 0.436. The van der Waals surface area contributed by atoms with Crippen LogP contribution in [0.3, 0.4) is 0 Å². The van der Waals surface area contributed by atoms with Gasteiger partial charge in [0.15, 0.2) is 11.5 Å². The fourth-order valence-corrected chi connectivity index (χ4v) is 0.953. The van der Waals surface area contributed by atoms with Crippen molar-refractivity contribution in [1.82, 2.24) is 0 Å². The van der Waals surface area contributed by atoms with E-state index in [4.69, 9.17) is 11.2 Å². The van der Waals surface area contributed by atoms with Gasteiger partial charge in [-0.25, -0.2) is 0 Å². The molecule has 1 aromatic carbocycles. The first-order chi connectivity index (χ1) is 6.27. The van der Waals surface area contributed by atoms with E-state index in [9.17, 15) is 5.11 Å². The summed E-state index contributed by atoms with van der Waals surface area (Å²) in [5.74, 6) is 2.99. The molecule has 0 unspecified atom stereocenters. The molecule has 0 saturated carbocycles. The van der Waals surface area contributed by atoms with Crippen molar-refractivity contribution < 1.29 is 9.84 Å². The first kappa shape index (κ1) is 9.27. The Hall–Kier alpha value is -1.82. The number of terminal acetylenes is 1. The molecular weight excluding hydrogens is 166 g/mol. The van der Waals surface area contributed by atoms with Crippen LogP contribution in [0, 0.1) is 12.3 Å². The van der Waals surface area contributed by atoms with Crippen molar-refractivity contribution in [3.05, 3.63) is 18.2 Å². The van der Waals surface area contributed by atoms with Gasteiger partial charge in [0.05, 0.1) is 13.7 Å². The number of rotatable bonds is 3. The van der Waals surface area contributed by atoms with Gasteiger partial charge in [-0.1, -0.05) is 5.92 Å². The second-order valence-corrected chi connectivity index (χ2v) is 2.44. The second-order valence-electron chi connectivity index (χ2n) is 2.44. The van der Waals surface area contributed by atoms with Gasteiger partial charge < -0.3 is 15.2 Å². The minimum atomic E-state index is 0.101. The van der Waals surface area contributed by atoms with Gasteiger partial charge >= 0.3 is 0 Å². The highest BCUT2D eigenvalue weighted by molar-refractivity contribution is 5.54. The van der Waals surface area contributed by atoms with E-state index in [1.165, 1.54) is 7.11 Å². The van der Waals surface area contributed by atoms with Crippen molar-refractivity contribution in [3.63, 3.8) is 0 Å². The van der Waals surface area contributed by atoms with Crippen LogP contribution in [-0.2, 0) is 0 Å². The largest absolute Gasteiger partial charge is 0.504 e. The molecule has 0 radical (unpaired) electrons. The van der Waals surface area contributed by atoms with E-state index < -0.39 is 0 Å². The zero-order chi connectivity index (χ0) is 9.68. The summed E-state index contributed by atoms with van der Waals surface area (Å²) in [7, 11) is 1.50. The Labute approximate surface area is 77.3 Å². The molecular formula is C10H11NO2. The van der Waals surface area contributed by atoms with Crippen LogP contribution in [0.25, 0.3) is 0 Å². The standard InChI is InChI=1S/C10H11NO2/c1-3-6-11-8-4-5-10(13-2)9(12)7-8/h1,4-5,7,11-12H,6H2,2H3. The third-order valence-corrected chi connectivity index (χ3v) is 1.57. The van der Waals surface area contributed by atoms with Gasteiger partial charge in [-0.3, -0.25) is 0 Å². The van der Waals surface area contributed by atoms with E-state index in [2.05, 4.69) is 11.2 Å². The summed E-state index contributed by atoms with van der Waals surface area (Å²) in [5.41, 5.74) is 0.774. The number of hydrogen-bond acceptors (Lipinski definition) is 3. The highest BCUT2D eigenvalue weighted by Gasteiger charge is 2.00. The molecule has 3 nitrogen and oxygen atoms in total. The molecule has 1 aromatic rings. The van der Waals surface area contributed by atoms with Crippen molar-refractivity contribution in [1.29, 1.82) is 0 Å². The van der Waals surface area contributed by atoms with Crippen LogP contribution < -0.4 is 10.1 Å². The molecule has 0 aliphatic rings. The van der Waals surface area contributed by atoms with Crippen molar-refractivity contribution >= 4 is 5.69 Å². The van der Waals surface area contributed by atoms with Crippen LogP contribution >= 0.6 is 0 Å². The molecule has 3 heteroatoms. The van der Waals surface area contributed by atoms with Crippen molar-refractivity contribution in [2.75, 3.05) is 19.0 Å². The van der Waals surface area contributed by atoms with Gasteiger partial charge in [-0.2, -0.15) is 0 Å².